The van der Waals surface area contributed by atoms with Crippen LogP contribution in [0.25, 0.3) is 0 Å². The lowest BCUT2D eigenvalue weighted by atomic mass is 9.97. The number of carbonyl (C=O) groups is 2. The zero-order chi connectivity index (χ0) is 15.6. The van der Waals surface area contributed by atoms with Gasteiger partial charge in [0.05, 0.1) is 29.0 Å². The van der Waals surface area contributed by atoms with Gasteiger partial charge in [-0.15, -0.1) is 0 Å². The molecule has 0 aliphatic carbocycles. The minimum absolute atomic E-state index is 0.0471. The van der Waals surface area contributed by atoms with Gasteiger partial charge in [-0.1, -0.05) is 6.92 Å². The van der Waals surface area contributed by atoms with Crippen LogP contribution < -0.4 is 10.6 Å². The van der Waals surface area contributed by atoms with E-state index >= 15 is 0 Å². The molecule has 1 aromatic rings. The maximum atomic E-state index is 12.6. The molecule has 1 aliphatic rings. The number of nitrogens with zero attached hydrogens (tertiary/aromatic N) is 1. The van der Waals surface area contributed by atoms with Gasteiger partial charge >= 0.3 is 5.97 Å². The predicted octanol–water partition coefficient (Wildman–Crippen LogP) is 1.74. The average Bonchev–Trinajstić information content (AvgIpc) is 2.93. The van der Waals surface area contributed by atoms with Crippen molar-refractivity contribution >= 4 is 23.3 Å². The summed E-state index contributed by atoms with van der Waals surface area (Å²) in [7, 11) is 1.65. The number of carboxylic acid groups (broad SMARTS) is 1. The normalized spacial score (nSPS) is 21.2. The number of rotatable bonds is 4. The van der Waals surface area contributed by atoms with Crippen molar-refractivity contribution in [2.24, 2.45) is 5.92 Å². The number of nitrogen functional groups attached to an aromatic ring is 1. The van der Waals surface area contributed by atoms with E-state index in [-0.39, 0.29) is 29.2 Å². The van der Waals surface area contributed by atoms with E-state index in [4.69, 9.17) is 15.6 Å². The van der Waals surface area contributed by atoms with E-state index in [2.05, 4.69) is 0 Å². The monoisotopic (exact) mass is 292 g/mol. The number of nitrogens with two attached hydrogens (primary N) is 1. The van der Waals surface area contributed by atoms with Crippen molar-refractivity contribution in [1.82, 2.24) is 0 Å². The molecule has 0 radical (unpaired) electrons. The Balaban J connectivity index is 2.21. The predicted molar refractivity (Wildman–Crippen MR) is 79.4 cm³/mol. The van der Waals surface area contributed by atoms with Crippen molar-refractivity contribution in [2.75, 3.05) is 24.3 Å². The third kappa shape index (κ3) is 3.00. The summed E-state index contributed by atoms with van der Waals surface area (Å²) in [6.07, 6.45) is 1.44. The van der Waals surface area contributed by atoms with Crippen molar-refractivity contribution in [3.63, 3.8) is 0 Å². The molecule has 3 N–H and O–H groups in total. The van der Waals surface area contributed by atoms with Gasteiger partial charge in [-0.2, -0.15) is 0 Å². The third-order valence-corrected chi connectivity index (χ3v) is 3.90. The second-order valence-electron chi connectivity index (χ2n) is 5.19. The molecular formula is C15H20N2O4. The molecule has 114 valence electrons. The molecule has 2 unspecified atom stereocenters. The van der Waals surface area contributed by atoms with Crippen molar-refractivity contribution < 1.29 is 19.4 Å². The lowest BCUT2D eigenvalue weighted by Gasteiger charge is -2.25. The average molecular weight is 292 g/mol. The fourth-order valence-corrected chi connectivity index (χ4v) is 2.69. The van der Waals surface area contributed by atoms with Gasteiger partial charge < -0.3 is 20.5 Å². The highest BCUT2D eigenvalue weighted by molar-refractivity contribution is 5.99. The van der Waals surface area contributed by atoms with Gasteiger partial charge in [-0.3, -0.25) is 4.79 Å². The summed E-state index contributed by atoms with van der Waals surface area (Å²) < 4.78 is 5.55. The highest BCUT2D eigenvalue weighted by atomic mass is 16.5. The third-order valence-electron chi connectivity index (χ3n) is 3.90. The van der Waals surface area contributed by atoms with Crippen molar-refractivity contribution in [3.05, 3.63) is 23.8 Å². The molecule has 0 bridgehead atoms. The summed E-state index contributed by atoms with van der Waals surface area (Å²) in [4.78, 5) is 25.0. The molecule has 2 rings (SSSR count). The van der Waals surface area contributed by atoms with Crippen LogP contribution in [-0.4, -0.2) is 36.7 Å². The summed E-state index contributed by atoms with van der Waals surface area (Å²) in [5.41, 5.74) is 6.78. The van der Waals surface area contributed by atoms with Gasteiger partial charge in [0.2, 0.25) is 5.91 Å². The van der Waals surface area contributed by atoms with Gasteiger partial charge in [-0.05, 0) is 31.0 Å². The first-order valence-corrected chi connectivity index (χ1v) is 6.97. The van der Waals surface area contributed by atoms with Crippen LogP contribution in [0.1, 0.15) is 30.1 Å². The van der Waals surface area contributed by atoms with E-state index < -0.39 is 5.97 Å². The molecule has 2 atom stereocenters. The van der Waals surface area contributed by atoms with Gasteiger partial charge in [0, 0.05) is 13.7 Å². The minimum atomic E-state index is -1.04. The van der Waals surface area contributed by atoms with Crippen LogP contribution in [0.4, 0.5) is 11.4 Å². The molecule has 1 heterocycles. The van der Waals surface area contributed by atoms with E-state index in [1.807, 2.05) is 6.92 Å². The Hall–Kier alpha value is -2.08. The van der Waals surface area contributed by atoms with Crippen molar-refractivity contribution in [1.29, 1.82) is 0 Å². The standard InChI is InChI=1S/C15H20N2O4/c1-3-13-10(6-7-21-13)14(18)17(2)12-5-4-9(15(19)20)8-11(12)16/h4-5,8,10,13H,3,6-7,16H2,1-2H3,(H,19,20). The van der Waals surface area contributed by atoms with E-state index in [0.29, 0.717) is 18.7 Å². The molecule has 1 aliphatic heterocycles. The van der Waals surface area contributed by atoms with E-state index in [1.54, 1.807) is 13.1 Å². The molecule has 1 amide bonds. The van der Waals surface area contributed by atoms with Gasteiger partial charge in [0.25, 0.3) is 0 Å². The Morgan fingerprint density at radius 1 is 1.48 bits per heavy atom. The molecule has 0 aromatic heterocycles. The van der Waals surface area contributed by atoms with Crippen LogP contribution in [0.5, 0.6) is 0 Å². The van der Waals surface area contributed by atoms with E-state index in [0.717, 1.165) is 6.42 Å². The molecule has 1 fully saturated rings. The Labute approximate surface area is 123 Å². The Bertz CT molecular complexity index is 559. The lowest BCUT2D eigenvalue weighted by molar-refractivity contribution is -0.123. The van der Waals surface area contributed by atoms with Crippen molar-refractivity contribution in [3.8, 4) is 0 Å². The number of anilines is 2. The summed E-state index contributed by atoms with van der Waals surface area (Å²) in [5.74, 6) is -1.26. The Kier molecular flexibility index (Phi) is 4.47. The van der Waals surface area contributed by atoms with Crippen LogP contribution in [0, 0.1) is 5.92 Å². The maximum Gasteiger partial charge on any atom is 0.335 e. The van der Waals surface area contributed by atoms with Gasteiger partial charge in [-0.25, -0.2) is 4.79 Å². The van der Waals surface area contributed by atoms with Gasteiger partial charge in [0.15, 0.2) is 0 Å². The van der Waals surface area contributed by atoms with Crippen LogP contribution in [-0.2, 0) is 9.53 Å². The zero-order valence-corrected chi connectivity index (χ0v) is 12.2. The number of hydrogen-bond acceptors (Lipinski definition) is 4. The second kappa shape index (κ2) is 6.13. The number of aromatic carboxylic acids is 1. The highest BCUT2D eigenvalue weighted by Gasteiger charge is 2.35. The second-order valence-corrected chi connectivity index (χ2v) is 5.19. The number of amides is 1. The quantitative estimate of drug-likeness (QED) is 0.825. The summed E-state index contributed by atoms with van der Waals surface area (Å²) in [6, 6.07) is 4.37. The number of hydrogen-bond donors (Lipinski definition) is 2. The first-order valence-electron chi connectivity index (χ1n) is 6.97. The van der Waals surface area contributed by atoms with E-state index in [9.17, 15) is 9.59 Å². The smallest absolute Gasteiger partial charge is 0.335 e. The number of benzene rings is 1. The Morgan fingerprint density at radius 2 is 2.19 bits per heavy atom. The molecular weight excluding hydrogens is 272 g/mol. The van der Waals surface area contributed by atoms with Gasteiger partial charge in [0.1, 0.15) is 0 Å². The number of ether oxygens (including phenoxy) is 1. The molecule has 6 heteroatoms. The first-order chi connectivity index (χ1) is 9.95. The molecule has 1 saturated heterocycles. The molecule has 21 heavy (non-hydrogen) atoms. The van der Waals surface area contributed by atoms with Crippen LogP contribution in [0.2, 0.25) is 0 Å². The summed E-state index contributed by atoms with van der Waals surface area (Å²) in [6.45, 7) is 2.59. The minimum Gasteiger partial charge on any atom is -0.478 e. The molecule has 6 nitrogen and oxygen atoms in total. The van der Waals surface area contributed by atoms with Crippen LogP contribution in [0.15, 0.2) is 18.2 Å². The zero-order valence-electron chi connectivity index (χ0n) is 12.2. The molecule has 1 aromatic carbocycles. The summed E-state index contributed by atoms with van der Waals surface area (Å²) >= 11 is 0. The fourth-order valence-electron chi connectivity index (χ4n) is 2.69. The first kappa shape index (κ1) is 15.3. The molecule has 0 spiro atoms. The summed E-state index contributed by atoms with van der Waals surface area (Å²) in [5, 5.41) is 8.93. The highest BCUT2D eigenvalue weighted by Crippen LogP contribution is 2.29. The van der Waals surface area contributed by atoms with E-state index in [1.165, 1.54) is 17.0 Å². The SMILES string of the molecule is CCC1OCCC1C(=O)N(C)c1ccc(C(=O)O)cc1N. The topological polar surface area (TPSA) is 92.9 Å². The number of carbonyl (C=O) groups excluding carboxylic acids is 1. The van der Waals surface area contributed by atoms with Crippen LogP contribution in [0.3, 0.4) is 0 Å². The number of carboxylic acids is 1. The van der Waals surface area contributed by atoms with Crippen molar-refractivity contribution in [2.45, 2.75) is 25.9 Å². The lowest BCUT2D eigenvalue weighted by Crippen LogP contribution is -2.37. The fraction of sp³-hybridized carbons (Fsp3) is 0.467. The molecule has 0 saturated carbocycles. The Morgan fingerprint density at radius 3 is 2.76 bits per heavy atom. The largest absolute Gasteiger partial charge is 0.478 e. The van der Waals surface area contributed by atoms with Crippen LogP contribution >= 0.6 is 0 Å². The maximum absolute atomic E-state index is 12.6.